The Balaban J connectivity index is -0.0000000800. The third-order valence-electron chi connectivity index (χ3n) is 0. The van der Waals surface area contributed by atoms with Gasteiger partial charge in [0, 0.05) is 10.4 Å². The van der Waals surface area contributed by atoms with Gasteiger partial charge >= 0.3 is 26.2 Å². The van der Waals surface area contributed by atoms with Crippen LogP contribution in [0.5, 0.6) is 0 Å². The zero-order valence-corrected chi connectivity index (χ0v) is 8.28. The van der Waals surface area contributed by atoms with E-state index >= 15 is 0 Å². The van der Waals surface area contributed by atoms with Crippen molar-refractivity contribution in [3.63, 3.8) is 0 Å². The van der Waals surface area contributed by atoms with Gasteiger partial charge in [0.05, 0.1) is 0 Å². The molecule has 4 nitrogen and oxygen atoms in total. The summed E-state index contributed by atoms with van der Waals surface area (Å²) in [6.45, 7) is 0. The van der Waals surface area contributed by atoms with Gasteiger partial charge in [-0.05, 0) is 0 Å². The van der Waals surface area contributed by atoms with Crippen molar-refractivity contribution in [3.05, 3.63) is 0 Å². The average molecular weight is 339 g/mol. The van der Waals surface area contributed by atoms with Crippen LogP contribution < -0.4 is 0 Å². The molecule has 7 heteroatoms. The van der Waals surface area contributed by atoms with Gasteiger partial charge in [-0.25, -0.2) is 0 Å². The normalized spacial score (nSPS) is 8.29. The van der Waals surface area contributed by atoms with E-state index in [4.69, 9.17) is 17.5 Å². The third kappa shape index (κ3) is 152. The Morgan fingerprint density at radius 3 is 1.14 bits per heavy atom. The molecule has 0 aromatic rings. The quantitative estimate of drug-likeness (QED) is 0.302. The third-order valence-corrected chi connectivity index (χ3v) is 0. The molecule has 0 heterocycles. The summed E-state index contributed by atoms with van der Waals surface area (Å²) >= 11 is 0. The molecule has 0 bridgehead atoms. The van der Waals surface area contributed by atoms with Gasteiger partial charge in [-0.3, -0.25) is 8.42 Å². The van der Waals surface area contributed by atoms with Crippen LogP contribution >= 0.6 is 13.5 Å². The van der Waals surface area contributed by atoms with E-state index in [1.165, 1.54) is 0 Å². The Hall–Kier alpha value is 1.10. The van der Waals surface area contributed by atoms with Crippen molar-refractivity contribution in [2.24, 2.45) is 0 Å². The first-order valence-corrected chi connectivity index (χ1v) is 2.00. The summed E-state index contributed by atoms with van der Waals surface area (Å²) in [5, 5.41) is 0. The van der Waals surface area contributed by atoms with Gasteiger partial charge in [0.1, 0.15) is 0 Å². The van der Waals surface area contributed by atoms with Crippen LogP contribution in [-0.4, -0.2) is 43.7 Å². The number of hydrogen-bond acceptors (Lipinski definition) is 4. The van der Waals surface area contributed by atoms with Crippen LogP contribution in [0.2, 0.25) is 0 Å². The number of hydrogen-bond donors (Lipinski definition) is 0. The van der Waals surface area contributed by atoms with Crippen LogP contribution in [0, 0.1) is 0 Å². The van der Waals surface area contributed by atoms with E-state index in [9.17, 15) is 0 Å². The van der Waals surface area contributed by atoms with E-state index in [2.05, 4.69) is 0 Å². The second-order valence-electron chi connectivity index (χ2n) is 0.408. The van der Waals surface area contributed by atoms with E-state index in [-0.39, 0.29) is 39.7 Å². The van der Waals surface area contributed by atoms with E-state index in [1.54, 1.807) is 0 Å². The summed E-state index contributed by atoms with van der Waals surface area (Å²) < 4.78 is 34.1. The summed E-state index contributed by atoms with van der Waals surface area (Å²) in [4.78, 5) is 0. The van der Waals surface area contributed by atoms with Gasteiger partial charge in [-0.15, -0.1) is 0 Å². The van der Waals surface area contributed by atoms with Crippen molar-refractivity contribution < 1.29 is 17.5 Å². The number of rotatable bonds is 0. The molecular formula is H2BiO4S2+. The molecule has 0 aliphatic rings. The fourth-order valence-electron chi connectivity index (χ4n) is 0. The summed E-state index contributed by atoms with van der Waals surface area (Å²) in [5.41, 5.74) is 0. The molecule has 42 valence electrons. The summed E-state index contributed by atoms with van der Waals surface area (Å²) in [5.74, 6) is 0. The molecule has 0 spiro atoms. The maximum atomic E-state index is 8.52. The van der Waals surface area contributed by atoms with Crippen LogP contribution in [0.1, 0.15) is 0 Å². The second kappa shape index (κ2) is 5.24. The van der Waals surface area contributed by atoms with E-state index in [0.29, 0.717) is 0 Å². The first-order chi connectivity index (χ1) is 2.00. The zero-order valence-electron chi connectivity index (χ0n) is 2.99. The largest absolute Gasteiger partial charge is 3.00 e. The minimum Gasteiger partial charge on any atom is -0.759 e. The monoisotopic (exact) mass is 339 g/mol. The van der Waals surface area contributed by atoms with Crippen LogP contribution in [-0.2, 0) is 10.4 Å². The van der Waals surface area contributed by atoms with Crippen molar-refractivity contribution in [1.82, 2.24) is 0 Å². The molecule has 0 N–H and O–H groups in total. The molecule has 0 saturated heterocycles. The molecule has 0 unspecified atom stereocenters. The van der Waals surface area contributed by atoms with E-state index in [0.717, 1.165) is 0 Å². The summed E-state index contributed by atoms with van der Waals surface area (Å²) in [7, 11) is -5.17. The van der Waals surface area contributed by atoms with Gasteiger partial charge in [-0.2, -0.15) is 13.5 Å². The van der Waals surface area contributed by atoms with E-state index in [1.807, 2.05) is 0 Å². The molecule has 0 fully saturated rings. The Bertz CT molecular complexity index is 92.9. The molecule has 2 radical (unpaired) electrons. The van der Waals surface area contributed by atoms with Crippen molar-refractivity contribution in [2.75, 3.05) is 0 Å². The Labute approximate surface area is 67.4 Å². The fraction of sp³-hybridized carbons (Fsp3) is 0. The minimum atomic E-state index is -5.17. The molecule has 0 aliphatic heterocycles. The molecule has 0 aromatic heterocycles. The molecule has 0 aromatic carbocycles. The SMILES string of the molecule is O=S(=O)([O-])[O-].S.[Bi+3]. The van der Waals surface area contributed by atoms with Crippen molar-refractivity contribution >= 4 is 50.1 Å². The van der Waals surface area contributed by atoms with Crippen LogP contribution in [0.3, 0.4) is 0 Å². The molecular weight excluding hydrogens is 337 g/mol. The topological polar surface area (TPSA) is 80.3 Å². The molecule has 0 saturated carbocycles. The molecule has 7 heavy (non-hydrogen) atoms. The standard InChI is InChI=1S/Bi.H2O4S.H2S/c;1-5(2,3)4;/h;(H2,1,2,3,4);1H2/q+3;;/p-2. The van der Waals surface area contributed by atoms with Gasteiger partial charge < -0.3 is 9.11 Å². The molecule has 0 rings (SSSR count). The van der Waals surface area contributed by atoms with Crippen LogP contribution in [0.15, 0.2) is 0 Å². The van der Waals surface area contributed by atoms with Crippen molar-refractivity contribution in [2.45, 2.75) is 0 Å². The fourth-order valence-corrected chi connectivity index (χ4v) is 0. The second-order valence-corrected chi connectivity index (χ2v) is 1.22. The van der Waals surface area contributed by atoms with Gasteiger partial charge in [0.2, 0.25) is 0 Å². The smallest absolute Gasteiger partial charge is 0.759 e. The maximum Gasteiger partial charge on any atom is 3.00 e. The first kappa shape index (κ1) is 15.7. The predicted molar refractivity (Wildman–Crippen MR) is 26.6 cm³/mol. The molecule has 0 aliphatic carbocycles. The molecule has 0 atom stereocenters. The van der Waals surface area contributed by atoms with Crippen molar-refractivity contribution in [3.8, 4) is 0 Å². The van der Waals surface area contributed by atoms with Crippen LogP contribution in [0.4, 0.5) is 0 Å². The zero-order chi connectivity index (χ0) is 4.50. The van der Waals surface area contributed by atoms with Gasteiger partial charge in [-0.1, -0.05) is 0 Å². The van der Waals surface area contributed by atoms with Crippen molar-refractivity contribution in [1.29, 1.82) is 0 Å². The predicted octanol–water partition coefficient (Wildman–Crippen LogP) is -1.61. The molecule has 0 amide bonds. The Morgan fingerprint density at radius 1 is 1.14 bits per heavy atom. The minimum absolute atomic E-state index is 0. The summed E-state index contributed by atoms with van der Waals surface area (Å²) in [6.07, 6.45) is 0. The van der Waals surface area contributed by atoms with E-state index < -0.39 is 10.4 Å². The van der Waals surface area contributed by atoms with Gasteiger partial charge in [0.15, 0.2) is 0 Å². The maximum absolute atomic E-state index is 8.52. The van der Waals surface area contributed by atoms with Gasteiger partial charge in [0.25, 0.3) is 0 Å². The Morgan fingerprint density at radius 2 is 1.14 bits per heavy atom. The Kier molecular flexibility index (Phi) is 11.8. The average Bonchev–Trinajstić information content (AvgIpc) is 0.722. The summed E-state index contributed by atoms with van der Waals surface area (Å²) in [6, 6.07) is 0. The van der Waals surface area contributed by atoms with Crippen LogP contribution in [0.25, 0.3) is 0 Å². The first-order valence-electron chi connectivity index (χ1n) is 0.667.